The highest BCUT2D eigenvalue weighted by atomic mass is 16.2. The fourth-order valence-electron chi connectivity index (χ4n) is 3.77. The summed E-state index contributed by atoms with van der Waals surface area (Å²) >= 11 is 0. The molecule has 0 saturated carbocycles. The number of carbonyl (C=O) groups excluding carboxylic acids is 1. The highest BCUT2D eigenvalue weighted by Crippen LogP contribution is 2.23. The van der Waals surface area contributed by atoms with E-state index in [1.165, 1.54) is 25.1 Å². The molecule has 1 unspecified atom stereocenters. The summed E-state index contributed by atoms with van der Waals surface area (Å²) in [4.78, 5) is 16.1. The molecule has 120 valence electrons. The number of hydrogen-bond acceptors (Lipinski definition) is 3. The maximum absolute atomic E-state index is 11.4. The van der Waals surface area contributed by atoms with Gasteiger partial charge in [-0.05, 0) is 44.4 Å². The van der Waals surface area contributed by atoms with Crippen LogP contribution in [0, 0.1) is 0 Å². The van der Waals surface area contributed by atoms with Crippen molar-refractivity contribution < 1.29 is 4.79 Å². The number of likely N-dealkylation sites (tertiary alicyclic amines) is 2. The normalized spacial score (nSPS) is 24.2. The molecule has 4 heteroatoms. The van der Waals surface area contributed by atoms with Crippen molar-refractivity contribution in [3.8, 4) is 0 Å². The summed E-state index contributed by atoms with van der Waals surface area (Å²) in [6.07, 6.45) is 4.75. The van der Waals surface area contributed by atoms with Crippen molar-refractivity contribution in [2.75, 3.05) is 31.5 Å². The Morgan fingerprint density at radius 1 is 1.09 bits per heavy atom. The van der Waals surface area contributed by atoms with Crippen LogP contribution in [0.3, 0.4) is 0 Å². The summed E-state index contributed by atoms with van der Waals surface area (Å²) in [5, 5.41) is 3.67. The first kappa shape index (κ1) is 15.3. The standard InChI is InChI=1S/C18H27N3O/c1-15(22)20-12-9-18(10-13-20)21-11-5-8-17(14-21)19-16-6-3-2-4-7-16/h2-4,6-7,17-19H,5,8-14H2,1H3. The van der Waals surface area contributed by atoms with E-state index in [1.807, 2.05) is 4.90 Å². The first-order valence-electron chi connectivity index (χ1n) is 8.53. The summed E-state index contributed by atoms with van der Waals surface area (Å²) in [7, 11) is 0. The molecule has 0 aliphatic carbocycles. The molecule has 1 aromatic carbocycles. The lowest BCUT2D eigenvalue weighted by Crippen LogP contribution is -2.51. The molecule has 1 aromatic rings. The van der Waals surface area contributed by atoms with Crippen LogP contribution >= 0.6 is 0 Å². The van der Waals surface area contributed by atoms with E-state index in [0.717, 1.165) is 32.5 Å². The highest BCUT2D eigenvalue weighted by molar-refractivity contribution is 5.73. The first-order chi connectivity index (χ1) is 10.7. The van der Waals surface area contributed by atoms with Crippen molar-refractivity contribution in [1.82, 2.24) is 9.80 Å². The maximum atomic E-state index is 11.4. The highest BCUT2D eigenvalue weighted by Gasteiger charge is 2.29. The number of piperidine rings is 2. The molecule has 0 radical (unpaired) electrons. The minimum absolute atomic E-state index is 0.223. The van der Waals surface area contributed by atoms with Crippen molar-refractivity contribution in [3.63, 3.8) is 0 Å². The number of para-hydroxylation sites is 1. The van der Waals surface area contributed by atoms with Crippen LogP contribution < -0.4 is 5.32 Å². The van der Waals surface area contributed by atoms with Crippen molar-refractivity contribution >= 4 is 11.6 Å². The average Bonchev–Trinajstić information content (AvgIpc) is 2.56. The number of carbonyl (C=O) groups is 1. The van der Waals surface area contributed by atoms with Crippen LogP contribution in [0.4, 0.5) is 5.69 Å². The van der Waals surface area contributed by atoms with Crippen LogP contribution in [0.2, 0.25) is 0 Å². The molecule has 0 bridgehead atoms. The second kappa shape index (κ2) is 7.14. The van der Waals surface area contributed by atoms with Crippen LogP contribution in [0.15, 0.2) is 30.3 Å². The maximum Gasteiger partial charge on any atom is 0.219 e. The summed E-state index contributed by atoms with van der Waals surface area (Å²) in [6.45, 7) is 5.86. The SMILES string of the molecule is CC(=O)N1CCC(N2CCCC(Nc3ccccc3)C2)CC1. The van der Waals surface area contributed by atoms with Crippen molar-refractivity contribution in [2.45, 2.75) is 44.7 Å². The largest absolute Gasteiger partial charge is 0.381 e. The van der Waals surface area contributed by atoms with Gasteiger partial charge in [0.2, 0.25) is 5.91 Å². The molecular weight excluding hydrogens is 274 g/mol. The second-order valence-corrected chi connectivity index (χ2v) is 6.58. The van der Waals surface area contributed by atoms with Crippen LogP contribution in [0.25, 0.3) is 0 Å². The summed E-state index contributed by atoms with van der Waals surface area (Å²) < 4.78 is 0. The Kier molecular flexibility index (Phi) is 4.98. The molecule has 0 spiro atoms. The van der Waals surface area contributed by atoms with Crippen LogP contribution in [-0.2, 0) is 4.79 Å². The van der Waals surface area contributed by atoms with E-state index in [4.69, 9.17) is 0 Å². The molecular formula is C18H27N3O. The minimum atomic E-state index is 0.223. The lowest BCUT2D eigenvalue weighted by molar-refractivity contribution is -0.130. The van der Waals surface area contributed by atoms with Crippen molar-refractivity contribution in [1.29, 1.82) is 0 Å². The minimum Gasteiger partial charge on any atom is -0.381 e. The molecule has 1 atom stereocenters. The number of benzene rings is 1. The average molecular weight is 301 g/mol. The van der Waals surface area contributed by atoms with Gasteiger partial charge in [0.05, 0.1) is 0 Å². The van der Waals surface area contributed by atoms with Gasteiger partial charge in [-0.15, -0.1) is 0 Å². The predicted octanol–water partition coefficient (Wildman–Crippen LogP) is 2.57. The third-order valence-corrected chi connectivity index (χ3v) is 5.02. The van der Waals surface area contributed by atoms with Gasteiger partial charge in [0, 0.05) is 44.3 Å². The fourth-order valence-corrected chi connectivity index (χ4v) is 3.77. The zero-order chi connectivity index (χ0) is 15.4. The molecule has 2 saturated heterocycles. The molecule has 4 nitrogen and oxygen atoms in total. The molecule has 2 heterocycles. The van der Waals surface area contributed by atoms with Gasteiger partial charge >= 0.3 is 0 Å². The van der Waals surface area contributed by atoms with E-state index in [-0.39, 0.29) is 5.91 Å². The Balaban J connectivity index is 1.52. The molecule has 1 amide bonds. The molecule has 3 rings (SSSR count). The van der Waals surface area contributed by atoms with E-state index in [1.54, 1.807) is 6.92 Å². The number of anilines is 1. The Morgan fingerprint density at radius 3 is 2.50 bits per heavy atom. The second-order valence-electron chi connectivity index (χ2n) is 6.58. The van der Waals surface area contributed by atoms with Gasteiger partial charge in [-0.2, -0.15) is 0 Å². The van der Waals surface area contributed by atoms with Gasteiger partial charge in [0.15, 0.2) is 0 Å². The van der Waals surface area contributed by atoms with Gasteiger partial charge in [-0.25, -0.2) is 0 Å². The van der Waals surface area contributed by atoms with Gasteiger partial charge < -0.3 is 10.2 Å². The zero-order valence-corrected chi connectivity index (χ0v) is 13.5. The Bertz CT molecular complexity index is 482. The number of hydrogen-bond donors (Lipinski definition) is 1. The number of rotatable bonds is 3. The van der Waals surface area contributed by atoms with E-state index in [0.29, 0.717) is 12.1 Å². The van der Waals surface area contributed by atoms with Crippen LogP contribution in [-0.4, -0.2) is 54.0 Å². The summed E-state index contributed by atoms with van der Waals surface area (Å²) in [5.41, 5.74) is 1.22. The zero-order valence-electron chi connectivity index (χ0n) is 13.5. The summed E-state index contributed by atoms with van der Waals surface area (Å²) in [6, 6.07) is 11.7. The van der Waals surface area contributed by atoms with Gasteiger partial charge in [-0.3, -0.25) is 9.69 Å². The molecule has 0 aromatic heterocycles. The van der Waals surface area contributed by atoms with E-state index >= 15 is 0 Å². The van der Waals surface area contributed by atoms with E-state index in [9.17, 15) is 4.79 Å². The lowest BCUT2D eigenvalue weighted by Gasteiger charge is -2.42. The molecule has 2 aliphatic heterocycles. The summed E-state index contributed by atoms with van der Waals surface area (Å²) in [5.74, 6) is 0.223. The monoisotopic (exact) mass is 301 g/mol. The molecule has 2 fully saturated rings. The quantitative estimate of drug-likeness (QED) is 0.932. The van der Waals surface area contributed by atoms with Gasteiger partial charge in [-0.1, -0.05) is 18.2 Å². The van der Waals surface area contributed by atoms with Crippen molar-refractivity contribution in [2.24, 2.45) is 0 Å². The van der Waals surface area contributed by atoms with Crippen LogP contribution in [0.1, 0.15) is 32.6 Å². The first-order valence-corrected chi connectivity index (χ1v) is 8.53. The topological polar surface area (TPSA) is 35.6 Å². The number of amides is 1. The van der Waals surface area contributed by atoms with Gasteiger partial charge in [0.1, 0.15) is 0 Å². The molecule has 2 aliphatic rings. The van der Waals surface area contributed by atoms with Crippen molar-refractivity contribution in [3.05, 3.63) is 30.3 Å². The number of nitrogens with one attached hydrogen (secondary N) is 1. The van der Waals surface area contributed by atoms with E-state index in [2.05, 4.69) is 40.5 Å². The lowest BCUT2D eigenvalue weighted by atomic mass is 9.97. The van der Waals surface area contributed by atoms with Gasteiger partial charge in [0.25, 0.3) is 0 Å². The third kappa shape index (κ3) is 3.80. The number of nitrogens with zero attached hydrogens (tertiary/aromatic N) is 2. The smallest absolute Gasteiger partial charge is 0.219 e. The molecule has 1 N–H and O–H groups in total. The fraction of sp³-hybridized carbons (Fsp3) is 0.611. The Labute approximate surface area is 133 Å². The predicted molar refractivity (Wildman–Crippen MR) is 89.9 cm³/mol. The van der Waals surface area contributed by atoms with E-state index < -0.39 is 0 Å². The molecule has 22 heavy (non-hydrogen) atoms. The van der Waals surface area contributed by atoms with Crippen LogP contribution in [0.5, 0.6) is 0 Å². The Morgan fingerprint density at radius 2 is 1.82 bits per heavy atom. The third-order valence-electron chi connectivity index (χ3n) is 5.02. The Hall–Kier alpha value is -1.55.